The molecule has 12 heavy (non-hydrogen) atoms. The molecule has 0 aromatic rings. The van der Waals surface area contributed by atoms with E-state index < -0.39 is 0 Å². The molecule has 0 heterocycles. The lowest BCUT2D eigenvalue weighted by Crippen LogP contribution is -2.25. The molecule has 0 spiro atoms. The van der Waals surface area contributed by atoms with Gasteiger partial charge in [-0.05, 0) is 18.8 Å². The van der Waals surface area contributed by atoms with Crippen LogP contribution in [0.1, 0.15) is 40.0 Å². The van der Waals surface area contributed by atoms with Crippen LogP contribution < -0.4 is 0 Å². The SMILES string of the molecule is CCC(C)CCCN(O)C(C)=O. The summed E-state index contributed by atoms with van der Waals surface area (Å²) in [6, 6.07) is 0. The molecular weight excluding hydrogens is 154 g/mol. The van der Waals surface area contributed by atoms with Gasteiger partial charge in [-0.1, -0.05) is 20.3 Å². The standard InChI is InChI=1S/C9H19NO2/c1-4-8(2)6-5-7-10(12)9(3)11/h8,12H,4-7H2,1-3H3. The number of hydrogen-bond donors (Lipinski definition) is 1. The molecule has 0 aliphatic rings. The van der Waals surface area contributed by atoms with E-state index in [4.69, 9.17) is 5.21 Å². The Morgan fingerprint density at radius 2 is 2.17 bits per heavy atom. The Kier molecular flexibility index (Phi) is 5.72. The molecule has 0 fully saturated rings. The van der Waals surface area contributed by atoms with Crippen molar-refractivity contribution in [2.24, 2.45) is 5.92 Å². The van der Waals surface area contributed by atoms with Gasteiger partial charge < -0.3 is 0 Å². The van der Waals surface area contributed by atoms with E-state index in [0.717, 1.165) is 24.3 Å². The fourth-order valence-electron chi connectivity index (χ4n) is 0.951. The minimum Gasteiger partial charge on any atom is -0.286 e. The monoisotopic (exact) mass is 173 g/mol. The predicted molar refractivity (Wildman–Crippen MR) is 47.9 cm³/mol. The van der Waals surface area contributed by atoms with Crippen molar-refractivity contribution in [3.8, 4) is 0 Å². The average Bonchev–Trinajstić information content (AvgIpc) is 2.03. The number of hydrogen-bond acceptors (Lipinski definition) is 2. The van der Waals surface area contributed by atoms with E-state index in [1.807, 2.05) is 0 Å². The second-order valence-corrected chi connectivity index (χ2v) is 3.30. The van der Waals surface area contributed by atoms with Gasteiger partial charge in [-0.25, -0.2) is 5.06 Å². The van der Waals surface area contributed by atoms with Crippen LogP contribution >= 0.6 is 0 Å². The van der Waals surface area contributed by atoms with Gasteiger partial charge in [0, 0.05) is 13.5 Å². The summed E-state index contributed by atoms with van der Waals surface area (Å²) in [5.74, 6) is 0.407. The molecular formula is C9H19NO2. The molecule has 1 atom stereocenters. The van der Waals surface area contributed by atoms with E-state index in [1.165, 1.54) is 6.92 Å². The first-order valence-corrected chi connectivity index (χ1v) is 4.54. The van der Waals surface area contributed by atoms with Crippen molar-refractivity contribution in [3.05, 3.63) is 0 Å². The van der Waals surface area contributed by atoms with Crippen molar-refractivity contribution in [3.63, 3.8) is 0 Å². The molecule has 0 bridgehead atoms. The summed E-state index contributed by atoms with van der Waals surface area (Å²) in [4.78, 5) is 10.6. The third-order valence-electron chi connectivity index (χ3n) is 2.13. The molecule has 3 heteroatoms. The van der Waals surface area contributed by atoms with Gasteiger partial charge in [-0.15, -0.1) is 0 Å². The Balaban J connectivity index is 3.37. The van der Waals surface area contributed by atoms with Crippen molar-refractivity contribution in [2.45, 2.75) is 40.0 Å². The van der Waals surface area contributed by atoms with Crippen molar-refractivity contribution in [1.29, 1.82) is 0 Å². The molecule has 0 saturated heterocycles. The molecule has 1 N–H and O–H groups in total. The summed E-state index contributed by atoms with van der Waals surface area (Å²) in [5, 5.41) is 9.78. The minimum absolute atomic E-state index is 0.279. The normalized spacial score (nSPS) is 12.7. The number of hydroxylamine groups is 2. The third-order valence-corrected chi connectivity index (χ3v) is 2.13. The van der Waals surface area contributed by atoms with Gasteiger partial charge in [0.15, 0.2) is 0 Å². The number of carbonyl (C=O) groups is 1. The average molecular weight is 173 g/mol. The molecule has 3 nitrogen and oxygen atoms in total. The summed E-state index contributed by atoms with van der Waals surface area (Å²) in [6.07, 6.45) is 3.11. The minimum atomic E-state index is -0.279. The second-order valence-electron chi connectivity index (χ2n) is 3.30. The van der Waals surface area contributed by atoms with Gasteiger partial charge in [-0.3, -0.25) is 10.0 Å². The second kappa shape index (κ2) is 6.00. The molecule has 1 amide bonds. The lowest BCUT2D eigenvalue weighted by molar-refractivity contribution is -0.162. The lowest BCUT2D eigenvalue weighted by atomic mass is 10.0. The van der Waals surface area contributed by atoms with Crippen molar-refractivity contribution >= 4 is 5.91 Å². The summed E-state index contributed by atoms with van der Waals surface area (Å²) in [6.45, 7) is 6.14. The molecule has 0 rings (SSSR count). The zero-order chi connectivity index (χ0) is 9.56. The number of carbonyl (C=O) groups excluding carboxylic acids is 1. The Bertz CT molecular complexity index is 136. The van der Waals surface area contributed by atoms with Crippen molar-refractivity contribution in [1.82, 2.24) is 5.06 Å². The lowest BCUT2D eigenvalue weighted by Gasteiger charge is -2.13. The highest BCUT2D eigenvalue weighted by Crippen LogP contribution is 2.09. The van der Waals surface area contributed by atoms with E-state index >= 15 is 0 Å². The van der Waals surface area contributed by atoms with Crippen LogP contribution in [0.5, 0.6) is 0 Å². The van der Waals surface area contributed by atoms with Crippen molar-refractivity contribution < 1.29 is 10.0 Å². The number of rotatable bonds is 5. The largest absolute Gasteiger partial charge is 0.286 e. The maximum atomic E-state index is 10.6. The summed E-state index contributed by atoms with van der Waals surface area (Å²) >= 11 is 0. The van der Waals surface area contributed by atoms with Crippen LogP contribution in [0.25, 0.3) is 0 Å². The van der Waals surface area contributed by atoms with Gasteiger partial charge in [0.25, 0.3) is 0 Å². The molecule has 0 aliphatic heterocycles. The Morgan fingerprint density at radius 3 is 2.58 bits per heavy atom. The molecule has 0 saturated carbocycles. The van der Waals surface area contributed by atoms with E-state index in [9.17, 15) is 4.79 Å². The van der Waals surface area contributed by atoms with Crippen LogP contribution in [0.4, 0.5) is 0 Å². The van der Waals surface area contributed by atoms with E-state index in [2.05, 4.69) is 13.8 Å². The van der Waals surface area contributed by atoms with E-state index in [0.29, 0.717) is 12.5 Å². The van der Waals surface area contributed by atoms with E-state index in [1.54, 1.807) is 0 Å². The first-order valence-electron chi connectivity index (χ1n) is 4.54. The van der Waals surface area contributed by atoms with Gasteiger partial charge in [-0.2, -0.15) is 0 Å². The molecule has 0 aromatic carbocycles. The summed E-state index contributed by atoms with van der Waals surface area (Å²) < 4.78 is 0. The van der Waals surface area contributed by atoms with Crippen LogP contribution in [-0.4, -0.2) is 22.7 Å². The molecule has 0 radical (unpaired) electrons. The molecule has 72 valence electrons. The highest BCUT2D eigenvalue weighted by Gasteiger charge is 2.04. The number of amides is 1. The highest BCUT2D eigenvalue weighted by molar-refractivity contribution is 5.71. The van der Waals surface area contributed by atoms with Crippen molar-refractivity contribution in [2.75, 3.05) is 6.54 Å². The Labute approximate surface area is 74.3 Å². The zero-order valence-corrected chi connectivity index (χ0v) is 8.21. The molecule has 0 aliphatic carbocycles. The maximum Gasteiger partial charge on any atom is 0.242 e. The molecule has 0 aromatic heterocycles. The number of nitrogens with zero attached hydrogens (tertiary/aromatic N) is 1. The maximum absolute atomic E-state index is 10.6. The predicted octanol–water partition coefficient (Wildman–Crippen LogP) is 2.05. The zero-order valence-electron chi connectivity index (χ0n) is 8.21. The van der Waals surface area contributed by atoms with Crippen LogP contribution in [0.15, 0.2) is 0 Å². The van der Waals surface area contributed by atoms with Gasteiger partial charge >= 0.3 is 0 Å². The summed E-state index contributed by atoms with van der Waals surface area (Å²) in [5.41, 5.74) is 0. The fraction of sp³-hybridized carbons (Fsp3) is 0.889. The van der Waals surface area contributed by atoms with Gasteiger partial charge in [0.05, 0.1) is 0 Å². The smallest absolute Gasteiger partial charge is 0.242 e. The first kappa shape index (κ1) is 11.4. The third kappa shape index (κ3) is 5.13. The first-order chi connectivity index (χ1) is 5.57. The van der Waals surface area contributed by atoms with Gasteiger partial charge in [0.2, 0.25) is 5.91 Å². The van der Waals surface area contributed by atoms with Gasteiger partial charge in [0.1, 0.15) is 0 Å². The Hall–Kier alpha value is -0.570. The Morgan fingerprint density at radius 1 is 1.58 bits per heavy atom. The quantitative estimate of drug-likeness (QED) is 0.510. The summed E-state index contributed by atoms with van der Waals surface area (Å²) in [7, 11) is 0. The fourth-order valence-corrected chi connectivity index (χ4v) is 0.951. The van der Waals surface area contributed by atoms with Crippen LogP contribution in [0.2, 0.25) is 0 Å². The van der Waals surface area contributed by atoms with Crippen LogP contribution in [0.3, 0.4) is 0 Å². The topological polar surface area (TPSA) is 40.5 Å². The van der Waals surface area contributed by atoms with Crippen LogP contribution in [0, 0.1) is 5.92 Å². The van der Waals surface area contributed by atoms with E-state index in [-0.39, 0.29) is 5.91 Å². The van der Waals surface area contributed by atoms with Crippen LogP contribution in [-0.2, 0) is 4.79 Å². The highest BCUT2D eigenvalue weighted by atomic mass is 16.5. The molecule has 1 unspecified atom stereocenters.